The molecule has 1 amide bonds. The molecule has 8 nitrogen and oxygen atoms in total. The maximum Gasteiger partial charge on any atom is 0.234 e. The average molecular weight is 385 g/mol. The minimum absolute atomic E-state index is 0.147. The molecule has 0 saturated carbocycles. The van der Waals surface area contributed by atoms with Gasteiger partial charge < -0.3 is 14.8 Å². The van der Waals surface area contributed by atoms with E-state index >= 15 is 0 Å². The maximum absolute atomic E-state index is 12.2. The smallest absolute Gasteiger partial charge is 0.234 e. The van der Waals surface area contributed by atoms with Crippen LogP contribution in [0.5, 0.6) is 11.5 Å². The summed E-state index contributed by atoms with van der Waals surface area (Å²) in [6.07, 6.45) is 0. The lowest BCUT2D eigenvalue weighted by molar-refractivity contribution is -0.113. The minimum Gasteiger partial charge on any atom is -0.497 e. The van der Waals surface area contributed by atoms with Crippen molar-refractivity contribution >= 4 is 23.4 Å². The van der Waals surface area contributed by atoms with Gasteiger partial charge in [-0.25, -0.2) is 0 Å². The SMILES string of the molecule is CCOc1ccc(-n2nnnc2SCC(=O)Nc2ccc(OC)cc2)cc1. The molecular weight excluding hydrogens is 366 g/mol. The summed E-state index contributed by atoms with van der Waals surface area (Å²) in [4.78, 5) is 12.2. The highest BCUT2D eigenvalue weighted by Gasteiger charge is 2.12. The number of carbonyl (C=O) groups excluding carboxylic acids is 1. The molecule has 1 heterocycles. The van der Waals surface area contributed by atoms with E-state index in [1.54, 1.807) is 36.1 Å². The molecule has 0 bridgehead atoms. The summed E-state index contributed by atoms with van der Waals surface area (Å²) in [6, 6.07) is 14.6. The molecule has 0 saturated heterocycles. The Labute approximate surface area is 160 Å². The predicted octanol–water partition coefficient (Wildman–Crippen LogP) is 2.80. The number of tetrazole rings is 1. The number of hydrogen-bond acceptors (Lipinski definition) is 7. The molecule has 1 N–H and O–H groups in total. The van der Waals surface area contributed by atoms with Crippen molar-refractivity contribution in [3.8, 4) is 17.2 Å². The van der Waals surface area contributed by atoms with Crippen LogP contribution < -0.4 is 14.8 Å². The third-order valence-electron chi connectivity index (χ3n) is 3.54. The molecular formula is C18H19N5O3S. The number of amides is 1. The van der Waals surface area contributed by atoms with E-state index in [2.05, 4.69) is 20.8 Å². The standard InChI is InChI=1S/C18H19N5O3S/c1-3-26-16-10-6-14(7-11-16)23-18(20-21-22-23)27-12-17(24)19-13-4-8-15(25-2)9-5-13/h4-11H,3,12H2,1-2H3,(H,19,24). The predicted molar refractivity (Wildman–Crippen MR) is 103 cm³/mol. The molecule has 2 aromatic carbocycles. The summed E-state index contributed by atoms with van der Waals surface area (Å²) >= 11 is 1.26. The lowest BCUT2D eigenvalue weighted by Crippen LogP contribution is -2.14. The molecule has 1 aromatic heterocycles. The van der Waals surface area contributed by atoms with E-state index in [1.165, 1.54) is 11.8 Å². The Hall–Kier alpha value is -3.07. The highest BCUT2D eigenvalue weighted by Crippen LogP contribution is 2.21. The maximum atomic E-state index is 12.2. The molecule has 0 spiro atoms. The van der Waals surface area contributed by atoms with Crippen LogP contribution in [0.25, 0.3) is 5.69 Å². The van der Waals surface area contributed by atoms with Crippen LogP contribution in [0.15, 0.2) is 53.7 Å². The minimum atomic E-state index is -0.147. The zero-order valence-electron chi connectivity index (χ0n) is 15.0. The van der Waals surface area contributed by atoms with Crippen LogP contribution in [-0.4, -0.2) is 45.6 Å². The number of nitrogens with zero attached hydrogens (tertiary/aromatic N) is 4. The average Bonchev–Trinajstić information content (AvgIpc) is 3.16. The highest BCUT2D eigenvalue weighted by molar-refractivity contribution is 7.99. The number of benzene rings is 2. The molecule has 0 aliphatic rings. The van der Waals surface area contributed by atoms with Crippen molar-refractivity contribution in [1.29, 1.82) is 0 Å². The van der Waals surface area contributed by atoms with Gasteiger partial charge in [-0.05, 0) is 65.9 Å². The van der Waals surface area contributed by atoms with E-state index in [1.807, 2.05) is 31.2 Å². The molecule has 140 valence electrons. The van der Waals surface area contributed by atoms with Gasteiger partial charge in [-0.15, -0.1) is 5.10 Å². The second kappa shape index (κ2) is 9.04. The summed E-state index contributed by atoms with van der Waals surface area (Å²) in [7, 11) is 1.60. The second-order valence-electron chi connectivity index (χ2n) is 5.37. The van der Waals surface area contributed by atoms with Crippen LogP contribution in [-0.2, 0) is 4.79 Å². The Balaban J connectivity index is 1.59. The van der Waals surface area contributed by atoms with Crippen LogP contribution in [0.2, 0.25) is 0 Å². The number of anilines is 1. The number of ether oxygens (including phenoxy) is 2. The van der Waals surface area contributed by atoms with Crippen molar-refractivity contribution in [3.05, 3.63) is 48.5 Å². The molecule has 3 rings (SSSR count). The summed E-state index contributed by atoms with van der Waals surface area (Å²) in [5.41, 5.74) is 1.49. The monoisotopic (exact) mass is 385 g/mol. The van der Waals surface area contributed by atoms with Crippen LogP contribution in [0.1, 0.15) is 6.92 Å². The number of rotatable bonds is 8. The van der Waals surface area contributed by atoms with Crippen molar-refractivity contribution in [2.45, 2.75) is 12.1 Å². The van der Waals surface area contributed by atoms with Crippen LogP contribution in [0.4, 0.5) is 5.69 Å². The lowest BCUT2D eigenvalue weighted by Gasteiger charge is -2.07. The third kappa shape index (κ3) is 4.98. The number of hydrogen-bond donors (Lipinski definition) is 1. The van der Waals surface area contributed by atoms with E-state index in [0.717, 1.165) is 17.2 Å². The molecule has 0 unspecified atom stereocenters. The Kier molecular flexibility index (Phi) is 6.26. The second-order valence-corrected chi connectivity index (χ2v) is 6.31. The van der Waals surface area contributed by atoms with Gasteiger partial charge in [-0.2, -0.15) is 4.68 Å². The molecule has 0 aliphatic carbocycles. The molecule has 3 aromatic rings. The Bertz CT molecular complexity index is 881. The van der Waals surface area contributed by atoms with Crippen molar-refractivity contribution in [2.75, 3.05) is 24.8 Å². The summed E-state index contributed by atoms with van der Waals surface area (Å²) in [6.45, 7) is 2.54. The Morgan fingerprint density at radius 1 is 1.11 bits per heavy atom. The zero-order valence-corrected chi connectivity index (χ0v) is 15.8. The van der Waals surface area contributed by atoms with Crippen molar-refractivity contribution in [2.24, 2.45) is 0 Å². The normalized spacial score (nSPS) is 10.4. The summed E-state index contributed by atoms with van der Waals surface area (Å²) < 4.78 is 12.1. The largest absolute Gasteiger partial charge is 0.497 e. The topological polar surface area (TPSA) is 91.2 Å². The highest BCUT2D eigenvalue weighted by atomic mass is 32.2. The molecule has 9 heteroatoms. The summed E-state index contributed by atoms with van der Waals surface area (Å²) in [5.74, 6) is 1.55. The molecule has 0 fully saturated rings. The molecule has 0 atom stereocenters. The molecule has 27 heavy (non-hydrogen) atoms. The van der Waals surface area contributed by atoms with Crippen LogP contribution in [0, 0.1) is 0 Å². The van der Waals surface area contributed by atoms with E-state index < -0.39 is 0 Å². The fourth-order valence-electron chi connectivity index (χ4n) is 2.28. The Morgan fingerprint density at radius 2 is 1.81 bits per heavy atom. The third-order valence-corrected chi connectivity index (χ3v) is 4.46. The lowest BCUT2D eigenvalue weighted by atomic mass is 10.3. The van der Waals surface area contributed by atoms with E-state index in [-0.39, 0.29) is 11.7 Å². The van der Waals surface area contributed by atoms with Gasteiger partial charge in [0, 0.05) is 5.69 Å². The number of nitrogens with one attached hydrogen (secondary N) is 1. The van der Waals surface area contributed by atoms with E-state index in [0.29, 0.717) is 17.5 Å². The number of thioether (sulfide) groups is 1. The first-order chi connectivity index (χ1) is 13.2. The first-order valence-corrected chi connectivity index (χ1v) is 9.26. The van der Waals surface area contributed by atoms with E-state index in [4.69, 9.17) is 9.47 Å². The number of carbonyl (C=O) groups is 1. The Morgan fingerprint density at radius 3 is 2.48 bits per heavy atom. The van der Waals surface area contributed by atoms with Gasteiger partial charge >= 0.3 is 0 Å². The van der Waals surface area contributed by atoms with Gasteiger partial charge in [-0.1, -0.05) is 11.8 Å². The first kappa shape index (κ1) is 18.7. The van der Waals surface area contributed by atoms with Gasteiger partial charge in [-0.3, -0.25) is 4.79 Å². The van der Waals surface area contributed by atoms with Gasteiger partial charge in [0.25, 0.3) is 0 Å². The molecule has 0 aliphatic heterocycles. The summed E-state index contributed by atoms with van der Waals surface area (Å²) in [5, 5.41) is 15.0. The van der Waals surface area contributed by atoms with Crippen molar-refractivity contribution < 1.29 is 14.3 Å². The molecule has 0 radical (unpaired) electrons. The van der Waals surface area contributed by atoms with Gasteiger partial charge in [0.1, 0.15) is 11.5 Å². The zero-order chi connectivity index (χ0) is 19.1. The van der Waals surface area contributed by atoms with Crippen molar-refractivity contribution in [1.82, 2.24) is 20.2 Å². The fraction of sp³-hybridized carbons (Fsp3) is 0.222. The quantitative estimate of drug-likeness (QED) is 0.596. The van der Waals surface area contributed by atoms with Crippen LogP contribution >= 0.6 is 11.8 Å². The van der Waals surface area contributed by atoms with Crippen LogP contribution in [0.3, 0.4) is 0 Å². The fourth-order valence-corrected chi connectivity index (χ4v) is 2.97. The first-order valence-electron chi connectivity index (χ1n) is 8.28. The van der Waals surface area contributed by atoms with Gasteiger partial charge in [0.2, 0.25) is 11.1 Å². The number of methoxy groups -OCH3 is 1. The number of aromatic nitrogens is 4. The van der Waals surface area contributed by atoms with Gasteiger partial charge in [0.15, 0.2) is 0 Å². The van der Waals surface area contributed by atoms with Crippen molar-refractivity contribution in [3.63, 3.8) is 0 Å². The van der Waals surface area contributed by atoms with Gasteiger partial charge in [0.05, 0.1) is 25.2 Å². The van der Waals surface area contributed by atoms with E-state index in [9.17, 15) is 4.79 Å².